The molecule has 0 heterocycles. The van der Waals surface area contributed by atoms with Gasteiger partial charge in [0.15, 0.2) is 0 Å². The molecule has 0 aliphatic rings. The van der Waals surface area contributed by atoms with Crippen molar-refractivity contribution in [3.63, 3.8) is 0 Å². The van der Waals surface area contributed by atoms with Gasteiger partial charge in [-0.2, -0.15) is 13.2 Å². The van der Waals surface area contributed by atoms with Crippen molar-refractivity contribution in [2.24, 2.45) is 0 Å². The number of nitrogens with zero attached hydrogens (tertiary/aromatic N) is 1. The normalized spacial score (nSPS) is 11.2. The number of carbonyl (C=O) groups excluding carboxylic acids is 1. The summed E-state index contributed by atoms with van der Waals surface area (Å²) in [5.41, 5.74) is 0.615. The van der Waals surface area contributed by atoms with Crippen molar-refractivity contribution in [1.29, 1.82) is 0 Å². The molecule has 0 unspecified atom stereocenters. The first-order chi connectivity index (χ1) is 10.7. The molecular weight excluding hydrogens is 418 g/mol. The number of likely N-dealkylation sites (N-methyl/N-ethyl adjacent to an activating group) is 1. The SMILES string of the molecule is C=C(C(=O)N(C)c1ccc(C(F)(F)F)cc1I)c1ccccc1. The van der Waals surface area contributed by atoms with Gasteiger partial charge in [0.25, 0.3) is 5.91 Å². The summed E-state index contributed by atoms with van der Waals surface area (Å²) in [7, 11) is 1.52. The summed E-state index contributed by atoms with van der Waals surface area (Å²) < 4.78 is 38.5. The summed E-state index contributed by atoms with van der Waals surface area (Å²) >= 11 is 1.79. The van der Waals surface area contributed by atoms with E-state index in [1.807, 2.05) is 6.07 Å². The highest BCUT2D eigenvalue weighted by atomic mass is 127. The van der Waals surface area contributed by atoms with Gasteiger partial charge in [-0.1, -0.05) is 36.9 Å². The van der Waals surface area contributed by atoms with Gasteiger partial charge in [0.05, 0.1) is 11.3 Å². The van der Waals surface area contributed by atoms with Crippen LogP contribution in [0.25, 0.3) is 5.57 Å². The number of hydrogen-bond acceptors (Lipinski definition) is 1. The lowest BCUT2D eigenvalue weighted by molar-refractivity contribution is -0.137. The van der Waals surface area contributed by atoms with E-state index >= 15 is 0 Å². The van der Waals surface area contributed by atoms with E-state index in [2.05, 4.69) is 6.58 Å². The van der Waals surface area contributed by atoms with Gasteiger partial charge in [0.1, 0.15) is 0 Å². The van der Waals surface area contributed by atoms with Crippen LogP contribution in [0.4, 0.5) is 18.9 Å². The minimum atomic E-state index is -4.41. The molecule has 2 aromatic rings. The minimum absolute atomic E-state index is 0.281. The van der Waals surface area contributed by atoms with E-state index in [0.717, 1.165) is 12.1 Å². The second-order valence-corrected chi connectivity index (χ2v) is 6.03. The number of benzene rings is 2. The van der Waals surface area contributed by atoms with Crippen LogP contribution in [0.15, 0.2) is 55.1 Å². The average Bonchev–Trinajstić information content (AvgIpc) is 2.52. The molecule has 0 aliphatic heterocycles. The van der Waals surface area contributed by atoms with Crippen LogP contribution in [-0.2, 0) is 11.0 Å². The Labute approximate surface area is 145 Å². The highest BCUT2D eigenvalue weighted by Gasteiger charge is 2.31. The van der Waals surface area contributed by atoms with Crippen LogP contribution in [0.1, 0.15) is 11.1 Å². The quantitative estimate of drug-likeness (QED) is 0.496. The lowest BCUT2D eigenvalue weighted by atomic mass is 10.1. The topological polar surface area (TPSA) is 20.3 Å². The van der Waals surface area contributed by atoms with E-state index in [4.69, 9.17) is 0 Å². The van der Waals surface area contributed by atoms with Crippen molar-refractivity contribution in [1.82, 2.24) is 0 Å². The zero-order valence-corrected chi connectivity index (χ0v) is 14.4. The molecule has 0 saturated heterocycles. The minimum Gasteiger partial charge on any atom is -0.310 e. The Kier molecular flexibility index (Phi) is 5.13. The molecule has 0 bridgehead atoms. The van der Waals surface area contributed by atoms with Gasteiger partial charge in [-0.3, -0.25) is 4.79 Å². The molecule has 0 radical (unpaired) electrons. The second kappa shape index (κ2) is 6.74. The molecule has 6 heteroatoms. The van der Waals surface area contributed by atoms with Gasteiger partial charge in [-0.05, 0) is 46.4 Å². The Morgan fingerprint density at radius 2 is 1.74 bits per heavy atom. The molecule has 0 saturated carbocycles. The third-order valence-corrected chi connectivity index (χ3v) is 4.19. The lowest BCUT2D eigenvalue weighted by Crippen LogP contribution is -2.27. The average molecular weight is 431 g/mol. The van der Waals surface area contributed by atoms with Crippen LogP contribution in [0.5, 0.6) is 0 Å². The smallest absolute Gasteiger partial charge is 0.310 e. The maximum atomic E-state index is 12.7. The Hall–Kier alpha value is -1.83. The molecule has 1 amide bonds. The highest BCUT2D eigenvalue weighted by molar-refractivity contribution is 14.1. The summed E-state index contributed by atoms with van der Waals surface area (Å²) in [6.07, 6.45) is -4.41. The number of halogens is 4. The number of rotatable bonds is 3. The molecule has 0 fully saturated rings. The number of hydrogen-bond donors (Lipinski definition) is 0. The first-order valence-corrected chi connectivity index (χ1v) is 7.69. The number of amides is 1. The number of anilines is 1. The molecule has 2 nitrogen and oxygen atoms in total. The van der Waals surface area contributed by atoms with Crippen LogP contribution in [0.2, 0.25) is 0 Å². The van der Waals surface area contributed by atoms with Crippen LogP contribution in [0.3, 0.4) is 0 Å². The van der Waals surface area contributed by atoms with Crippen LogP contribution in [0, 0.1) is 3.57 Å². The molecule has 2 aromatic carbocycles. The zero-order chi connectivity index (χ0) is 17.2. The van der Waals surface area contributed by atoms with Crippen molar-refractivity contribution < 1.29 is 18.0 Å². The summed E-state index contributed by atoms with van der Waals surface area (Å²) in [5, 5.41) is 0. The molecule has 0 aromatic heterocycles. The lowest BCUT2D eigenvalue weighted by Gasteiger charge is -2.21. The van der Waals surface area contributed by atoms with E-state index in [0.29, 0.717) is 14.8 Å². The molecular formula is C17H13F3INO. The standard InChI is InChI=1S/C17H13F3INO/c1-11(12-6-4-3-5-7-12)16(23)22(2)15-9-8-13(10-14(15)21)17(18,19)20/h3-10H,1H2,2H3. The Balaban J connectivity index is 2.28. The summed E-state index contributed by atoms with van der Waals surface area (Å²) in [6.45, 7) is 3.78. The fraction of sp³-hybridized carbons (Fsp3) is 0.118. The third kappa shape index (κ3) is 3.93. The molecule has 120 valence electrons. The maximum absolute atomic E-state index is 12.7. The van der Waals surface area contributed by atoms with E-state index in [-0.39, 0.29) is 11.5 Å². The summed E-state index contributed by atoms with van der Waals surface area (Å²) in [4.78, 5) is 13.8. The van der Waals surface area contributed by atoms with E-state index < -0.39 is 11.7 Å². The van der Waals surface area contributed by atoms with Gasteiger partial charge in [-0.15, -0.1) is 0 Å². The van der Waals surface area contributed by atoms with E-state index in [9.17, 15) is 18.0 Å². The van der Waals surface area contributed by atoms with Crippen molar-refractivity contribution in [3.8, 4) is 0 Å². The monoisotopic (exact) mass is 431 g/mol. The van der Waals surface area contributed by atoms with E-state index in [1.165, 1.54) is 18.0 Å². The largest absolute Gasteiger partial charge is 0.416 e. The third-order valence-electron chi connectivity index (χ3n) is 3.32. The first kappa shape index (κ1) is 17.5. The molecule has 0 aliphatic carbocycles. The van der Waals surface area contributed by atoms with Gasteiger partial charge in [0.2, 0.25) is 0 Å². The highest BCUT2D eigenvalue weighted by Crippen LogP contribution is 2.33. The molecule has 23 heavy (non-hydrogen) atoms. The van der Waals surface area contributed by atoms with Crippen molar-refractivity contribution in [2.75, 3.05) is 11.9 Å². The zero-order valence-electron chi connectivity index (χ0n) is 12.2. The summed E-state index contributed by atoms with van der Waals surface area (Å²) in [6, 6.07) is 12.2. The van der Waals surface area contributed by atoms with Crippen molar-refractivity contribution in [3.05, 3.63) is 69.8 Å². The second-order valence-electron chi connectivity index (χ2n) is 4.87. The van der Waals surface area contributed by atoms with Gasteiger partial charge in [0, 0.05) is 16.2 Å². The van der Waals surface area contributed by atoms with Crippen LogP contribution >= 0.6 is 22.6 Å². The Morgan fingerprint density at radius 3 is 2.26 bits per heavy atom. The molecule has 2 rings (SSSR count). The fourth-order valence-corrected chi connectivity index (χ4v) is 2.91. The van der Waals surface area contributed by atoms with Crippen LogP contribution in [-0.4, -0.2) is 13.0 Å². The van der Waals surface area contributed by atoms with Gasteiger partial charge < -0.3 is 4.90 Å². The molecule has 0 N–H and O–H groups in total. The predicted octanol–water partition coefficient (Wildman–Crippen LogP) is 4.99. The first-order valence-electron chi connectivity index (χ1n) is 6.61. The van der Waals surface area contributed by atoms with Gasteiger partial charge in [-0.25, -0.2) is 0 Å². The van der Waals surface area contributed by atoms with Crippen molar-refractivity contribution in [2.45, 2.75) is 6.18 Å². The van der Waals surface area contributed by atoms with Crippen LogP contribution < -0.4 is 4.90 Å². The van der Waals surface area contributed by atoms with Crippen molar-refractivity contribution >= 4 is 39.8 Å². The maximum Gasteiger partial charge on any atom is 0.416 e. The van der Waals surface area contributed by atoms with Gasteiger partial charge >= 0.3 is 6.18 Å². The van der Waals surface area contributed by atoms with E-state index in [1.54, 1.807) is 46.9 Å². The molecule has 0 atom stereocenters. The summed E-state index contributed by atoms with van der Waals surface area (Å²) in [5.74, 6) is -0.367. The Bertz CT molecular complexity index is 741. The number of alkyl halides is 3. The number of carbonyl (C=O) groups is 1. The Morgan fingerprint density at radius 1 is 1.13 bits per heavy atom. The molecule has 0 spiro atoms. The predicted molar refractivity (Wildman–Crippen MR) is 93.0 cm³/mol. The fourth-order valence-electron chi connectivity index (χ4n) is 2.03.